The Morgan fingerprint density at radius 3 is 1.58 bits per heavy atom. The van der Waals surface area contributed by atoms with E-state index in [1.165, 1.54) is 0 Å². The van der Waals surface area contributed by atoms with Crippen LogP contribution in [0.4, 0.5) is 11.4 Å². The van der Waals surface area contributed by atoms with Gasteiger partial charge >= 0.3 is 0 Å². The highest BCUT2D eigenvalue weighted by molar-refractivity contribution is 6.53. The fourth-order valence-corrected chi connectivity index (χ4v) is 1.59. The number of aldehydes is 2. The molecule has 0 saturated carbocycles. The predicted octanol–water partition coefficient (Wildman–Crippen LogP) is 2.58. The van der Waals surface area contributed by atoms with E-state index >= 15 is 0 Å². The van der Waals surface area contributed by atoms with E-state index in [2.05, 4.69) is 5.10 Å². The number of nitrogens with zero attached hydrogens (tertiary/aromatic N) is 2. The van der Waals surface area contributed by atoms with E-state index in [0.717, 1.165) is 11.4 Å². The van der Waals surface area contributed by atoms with Crippen molar-refractivity contribution in [2.45, 2.75) is 0 Å². The predicted molar refractivity (Wildman–Crippen MR) is 74.6 cm³/mol. The van der Waals surface area contributed by atoms with Crippen LogP contribution < -0.4 is 5.01 Å². The number of carbonyl (C=O) groups is 2. The van der Waals surface area contributed by atoms with E-state index in [0.29, 0.717) is 12.6 Å². The summed E-state index contributed by atoms with van der Waals surface area (Å²) in [6, 6.07) is 18.6. The number of para-hydroxylation sites is 2. The zero-order valence-corrected chi connectivity index (χ0v) is 10.1. The molecule has 0 spiro atoms. The summed E-state index contributed by atoms with van der Waals surface area (Å²) in [5.74, 6) is 0. The minimum absolute atomic E-state index is 0.160. The molecule has 0 bridgehead atoms. The van der Waals surface area contributed by atoms with Crippen molar-refractivity contribution in [2.75, 3.05) is 5.01 Å². The molecule has 0 unspecified atom stereocenters. The summed E-state index contributed by atoms with van der Waals surface area (Å²) in [5, 5.41) is 5.62. The van der Waals surface area contributed by atoms with Crippen LogP contribution in [0.15, 0.2) is 65.8 Å². The summed E-state index contributed by atoms with van der Waals surface area (Å²) in [6.45, 7) is 0. The van der Waals surface area contributed by atoms with Gasteiger partial charge in [-0.15, -0.1) is 0 Å². The SMILES string of the molecule is O=CC(C=O)=NN(c1ccccc1)c1ccccc1. The van der Waals surface area contributed by atoms with Crippen LogP contribution in [0.1, 0.15) is 0 Å². The Kier molecular flexibility index (Phi) is 4.18. The maximum Gasteiger partial charge on any atom is 0.173 e. The van der Waals surface area contributed by atoms with Gasteiger partial charge in [-0.2, -0.15) is 5.10 Å². The fourth-order valence-electron chi connectivity index (χ4n) is 1.59. The normalized spacial score (nSPS) is 9.47. The molecule has 0 N–H and O–H groups in total. The molecule has 0 aliphatic rings. The monoisotopic (exact) mass is 252 g/mol. The average molecular weight is 252 g/mol. The third kappa shape index (κ3) is 3.13. The molecule has 0 aromatic heterocycles. The van der Waals surface area contributed by atoms with Crippen LogP contribution in [0.25, 0.3) is 0 Å². The molecule has 4 heteroatoms. The van der Waals surface area contributed by atoms with Crippen molar-refractivity contribution >= 4 is 29.7 Å². The quantitative estimate of drug-likeness (QED) is 0.355. The molecule has 4 nitrogen and oxygen atoms in total. The molecule has 0 heterocycles. The van der Waals surface area contributed by atoms with Crippen molar-refractivity contribution in [3.8, 4) is 0 Å². The Bertz CT molecular complexity index is 530. The molecule has 0 fully saturated rings. The Morgan fingerprint density at radius 1 is 0.789 bits per heavy atom. The van der Waals surface area contributed by atoms with E-state index in [1.807, 2.05) is 60.7 Å². The molecule has 0 aliphatic heterocycles. The molecular formula is C15H12N2O2. The van der Waals surface area contributed by atoms with E-state index < -0.39 is 0 Å². The second kappa shape index (κ2) is 6.26. The first-order chi connectivity index (χ1) is 9.35. The van der Waals surface area contributed by atoms with E-state index in [4.69, 9.17) is 0 Å². The lowest BCUT2D eigenvalue weighted by Gasteiger charge is -2.19. The molecule has 0 radical (unpaired) electrons. The minimum Gasteiger partial charge on any atom is -0.296 e. The molecule has 2 aromatic rings. The fraction of sp³-hybridized carbons (Fsp3) is 0. The van der Waals surface area contributed by atoms with Gasteiger partial charge < -0.3 is 0 Å². The van der Waals surface area contributed by atoms with Gasteiger partial charge in [0.25, 0.3) is 0 Å². The third-order valence-corrected chi connectivity index (χ3v) is 2.46. The summed E-state index contributed by atoms with van der Waals surface area (Å²) in [5.41, 5.74) is 1.39. The maximum absolute atomic E-state index is 10.7. The van der Waals surface area contributed by atoms with Crippen molar-refractivity contribution in [3.63, 3.8) is 0 Å². The molecule has 2 rings (SSSR count). The van der Waals surface area contributed by atoms with E-state index in [-0.39, 0.29) is 5.71 Å². The zero-order chi connectivity index (χ0) is 13.5. The largest absolute Gasteiger partial charge is 0.296 e. The molecule has 2 aromatic carbocycles. The highest BCUT2D eigenvalue weighted by atomic mass is 16.1. The number of carbonyl (C=O) groups excluding carboxylic acids is 2. The number of benzene rings is 2. The zero-order valence-electron chi connectivity index (χ0n) is 10.1. The summed E-state index contributed by atoms with van der Waals surface area (Å²) >= 11 is 0. The van der Waals surface area contributed by atoms with Crippen molar-refractivity contribution in [1.82, 2.24) is 0 Å². The molecule has 0 atom stereocenters. The van der Waals surface area contributed by atoms with Gasteiger partial charge in [0.05, 0.1) is 11.4 Å². The topological polar surface area (TPSA) is 49.7 Å². The Balaban J connectivity index is 2.48. The van der Waals surface area contributed by atoms with Gasteiger partial charge in [0.15, 0.2) is 18.3 Å². The lowest BCUT2D eigenvalue weighted by Crippen LogP contribution is -2.14. The van der Waals surface area contributed by atoms with Gasteiger partial charge in [-0.1, -0.05) is 36.4 Å². The van der Waals surface area contributed by atoms with E-state index in [1.54, 1.807) is 5.01 Å². The minimum atomic E-state index is -0.160. The Hall–Kier alpha value is -2.75. The number of rotatable bonds is 5. The van der Waals surface area contributed by atoms with Gasteiger partial charge in [-0.25, -0.2) is 5.01 Å². The number of hydrazone groups is 1. The second-order valence-corrected chi connectivity index (χ2v) is 3.74. The lowest BCUT2D eigenvalue weighted by atomic mass is 10.2. The van der Waals surface area contributed by atoms with Crippen LogP contribution in [0.2, 0.25) is 0 Å². The van der Waals surface area contributed by atoms with Crippen LogP contribution >= 0.6 is 0 Å². The van der Waals surface area contributed by atoms with Crippen LogP contribution in [-0.2, 0) is 9.59 Å². The third-order valence-electron chi connectivity index (χ3n) is 2.46. The highest BCUT2D eigenvalue weighted by Gasteiger charge is 2.08. The first-order valence-corrected chi connectivity index (χ1v) is 5.74. The van der Waals surface area contributed by atoms with Crippen LogP contribution in [0.5, 0.6) is 0 Å². The van der Waals surface area contributed by atoms with Gasteiger partial charge in [-0.3, -0.25) is 9.59 Å². The number of hydrogen-bond acceptors (Lipinski definition) is 4. The molecule has 94 valence electrons. The van der Waals surface area contributed by atoms with Crippen molar-refractivity contribution in [1.29, 1.82) is 0 Å². The molecule has 19 heavy (non-hydrogen) atoms. The van der Waals surface area contributed by atoms with Gasteiger partial charge in [0.1, 0.15) is 0 Å². The maximum atomic E-state index is 10.7. The first-order valence-electron chi connectivity index (χ1n) is 5.74. The summed E-state index contributed by atoms with van der Waals surface area (Å²) in [6.07, 6.45) is 0.873. The Labute approximate surface area is 111 Å². The number of hydrogen-bond donors (Lipinski definition) is 0. The van der Waals surface area contributed by atoms with Crippen molar-refractivity contribution in [3.05, 3.63) is 60.7 Å². The van der Waals surface area contributed by atoms with Crippen molar-refractivity contribution in [2.24, 2.45) is 5.10 Å². The van der Waals surface area contributed by atoms with Gasteiger partial charge in [-0.05, 0) is 24.3 Å². The lowest BCUT2D eigenvalue weighted by molar-refractivity contribution is -0.106. The molecular weight excluding hydrogens is 240 g/mol. The van der Waals surface area contributed by atoms with Gasteiger partial charge in [0.2, 0.25) is 0 Å². The summed E-state index contributed by atoms with van der Waals surface area (Å²) in [7, 11) is 0. The van der Waals surface area contributed by atoms with Crippen LogP contribution in [-0.4, -0.2) is 18.3 Å². The second-order valence-electron chi connectivity index (χ2n) is 3.74. The Morgan fingerprint density at radius 2 is 1.21 bits per heavy atom. The van der Waals surface area contributed by atoms with Crippen molar-refractivity contribution < 1.29 is 9.59 Å². The van der Waals surface area contributed by atoms with Crippen LogP contribution in [0.3, 0.4) is 0 Å². The molecule has 0 aliphatic carbocycles. The van der Waals surface area contributed by atoms with Gasteiger partial charge in [0, 0.05) is 0 Å². The van der Waals surface area contributed by atoms with E-state index in [9.17, 15) is 9.59 Å². The standard InChI is InChI=1S/C15H12N2O2/c18-11-13(12-19)16-17(14-7-3-1-4-8-14)15-9-5-2-6-10-15/h1-12H. The highest BCUT2D eigenvalue weighted by Crippen LogP contribution is 2.25. The first kappa shape index (κ1) is 12.7. The molecule has 0 amide bonds. The summed E-state index contributed by atoms with van der Waals surface area (Å²) < 4.78 is 0. The average Bonchev–Trinajstić information content (AvgIpc) is 2.50. The molecule has 0 saturated heterocycles. The smallest absolute Gasteiger partial charge is 0.173 e. The number of anilines is 2. The van der Waals surface area contributed by atoms with Crippen LogP contribution in [0, 0.1) is 0 Å². The summed E-state index contributed by atoms with van der Waals surface area (Å²) in [4.78, 5) is 21.5.